The van der Waals surface area contributed by atoms with Crippen molar-refractivity contribution in [1.82, 2.24) is 4.98 Å². The fourth-order valence-corrected chi connectivity index (χ4v) is 1.96. The van der Waals surface area contributed by atoms with E-state index in [4.69, 9.17) is 10.00 Å². The number of aromatic nitrogens is 1. The highest BCUT2D eigenvalue weighted by Crippen LogP contribution is 2.25. The number of benzene rings is 1. The van der Waals surface area contributed by atoms with Crippen LogP contribution in [-0.4, -0.2) is 4.98 Å². The van der Waals surface area contributed by atoms with Crippen LogP contribution in [0.3, 0.4) is 0 Å². The monoisotopic (exact) mass is 338 g/mol. The summed E-state index contributed by atoms with van der Waals surface area (Å²) in [4.78, 5) is 3.85. The Hall–Kier alpha value is -2.00. The van der Waals surface area contributed by atoms with Crippen LogP contribution in [0.5, 0.6) is 5.75 Å². The van der Waals surface area contributed by atoms with Gasteiger partial charge >= 0.3 is 0 Å². The topological polar surface area (TPSA) is 45.9 Å². The first-order valence-electron chi connectivity index (χ1n) is 5.66. The highest BCUT2D eigenvalue weighted by atomic mass is 79.9. The second kappa shape index (κ2) is 6.44. The lowest BCUT2D eigenvalue weighted by atomic mass is 10.2. The minimum absolute atomic E-state index is 0.127. The first-order valence-corrected chi connectivity index (χ1v) is 6.78. The summed E-state index contributed by atoms with van der Waals surface area (Å²) in [5.74, 6) is -2.01. The largest absolute Gasteiger partial charge is 0.483 e. The van der Waals surface area contributed by atoms with Gasteiger partial charge in [-0.1, -0.05) is 22.0 Å². The second-order valence-corrected chi connectivity index (χ2v) is 4.49. The summed E-state index contributed by atoms with van der Waals surface area (Å²) in [6.07, 6.45) is 1.47. The maximum absolute atomic E-state index is 13.7. The molecule has 0 unspecified atom stereocenters. The Labute approximate surface area is 123 Å². The van der Waals surface area contributed by atoms with Crippen LogP contribution >= 0.6 is 15.9 Å². The number of nitriles is 1. The zero-order valence-electron chi connectivity index (χ0n) is 10.2. The summed E-state index contributed by atoms with van der Waals surface area (Å²) in [7, 11) is 0. The molecule has 0 saturated carbocycles. The van der Waals surface area contributed by atoms with Gasteiger partial charge in [0, 0.05) is 17.1 Å². The van der Waals surface area contributed by atoms with Gasteiger partial charge < -0.3 is 4.74 Å². The second-order valence-electron chi connectivity index (χ2n) is 3.93. The van der Waals surface area contributed by atoms with Crippen molar-refractivity contribution in [2.75, 3.05) is 0 Å². The van der Waals surface area contributed by atoms with Crippen molar-refractivity contribution in [1.29, 1.82) is 5.26 Å². The number of alkyl halides is 1. The molecule has 0 aliphatic carbocycles. The molecule has 0 atom stereocenters. The minimum Gasteiger partial charge on any atom is -0.483 e. The quantitative estimate of drug-likeness (QED) is 0.798. The van der Waals surface area contributed by atoms with Crippen LogP contribution in [0, 0.1) is 23.0 Å². The Morgan fingerprint density at radius 1 is 1.30 bits per heavy atom. The maximum Gasteiger partial charge on any atom is 0.191 e. The number of pyridine rings is 1. The molecule has 1 heterocycles. The van der Waals surface area contributed by atoms with Crippen LogP contribution in [-0.2, 0) is 11.9 Å². The number of hydrogen-bond donors (Lipinski definition) is 0. The van der Waals surface area contributed by atoms with E-state index < -0.39 is 17.4 Å². The zero-order valence-corrected chi connectivity index (χ0v) is 11.8. The third kappa shape index (κ3) is 3.11. The van der Waals surface area contributed by atoms with Gasteiger partial charge in [0.1, 0.15) is 18.4 Å². The normalized spacial score (nSPS) is 10.1. The van der Waals surface area contributed by atoms with Crippen LogP contribution < -0.4 is 4.74 Å². The van der Waals surface area contributed by atoms with Gasteiger partial charge in [0.25, 0.3) is 0 Å². The van der Waals surface area contributed by atoms with E-state index in [1.165, 1.54) is 18.3 Å². The molecule has 6 heteroatoms. The molecule has 0 amide bonds. The van der Waals surface area contributed by atoms with Crippen LogP contribution in [0.25, 0.3) is 0 Å². The molecular formula is C14H9BrF2N2O. The predicted molar refractivity (Wildman–Crippen MR) is 72.3 cm³/mol. The molecule has 1 aromatic heterocycles. The highest BCUT2D eigenvalue weighted by Gasteiger charge is 2.13. The molecule has 2 rings (SSSR count). The fourth-order valence-electron chi connectivity index (χ4n) is 1.63. The lowest BCUT2D eigenvalue weighted by Crippen LogP contribution is -2.03. The Kier molecular flexibility index (Phi) is 4.64. The summed E-state index contributed by atoms with van der Waals surface area (Å²) in [6, 6.07) is 7.53. The zero-order chi connectivity index (χ0) is 14.5. The molecule has 3 nitrogen and oxygen atoms in total. The van der Waals surface area contributed by atoms with E-state index in [1.54, 1.807) is 12.1 Å². The molecule has 0 fully saturated rings. The third-order valence-corrected chi connectivity index (χ3v) is 3.23. The van der Waals surface area contributed by atoms with Gasteiger partial charge in [-0.05, 0) is 23.8 Å². The smallest absolute Gasteiger partial charge is 0.191 e. The summed E-state index contributed by atoms with van der Waals surface area (Å²) in [6.45, 7) is -0.127. The Morgan fingerprint density at radius 3 is 2.60 bits per heavy atom. The fraction of sp³-hybridized carbons (Fsp3) is 0.143. The standard InChI is InChI=1S/C14H9BrF2N2O/c15-6-9-4-11(16)14(12(17)5-9)20-8-10-2-1-3-19-13(10)7-18/h1-5H,6,8H2. The lowest BCUT2D eigenvalue weighted by Gasteiger charge is -2.10. The lowest BCUT2D eigenvalue weighted by molar-refractivity contribution is 0.273. The molecule has 20 heavy (non-hydrogen) atoms. The van der Waals surface area contributed by atoms with Crippen molar-refractivity contribution < 1.29 is 13.5 Å². The molecule has 1 aromatic carbocycles. The van der Waals surface area contributed by atoms with Crippen LogP contribution in [0.4, 0.5) is 8.78 Å². The van der Waals surface area contributed by atoms with Crippen molar-refractivity contribution in [3.05, 3.63) is 58.9 Å². The van der Waals surface area contributed by atoms with Crippen molar-refractivity contribution >= 4 is 15.9 Å². The van der Waals surface area contributed by atoms with Gasteiger partial charge in [0.05, 0.1) is 0 Å². The van der Waals surface area contributed by atoms with E-state index in [1.807, 2.05) is 6.07 Å². The SMILES string of the molecule is N#Cc1ncccc1COc1c(F)cc(CBr)cc1F. The van der Waals surface area contributed by atoms with E-state index in [-0.39, 0.29) is 12.3 Å². The van der Waals surface area contributed by atoms with Crippen LogP contribution in [0.2, 0.25) is 0 Å². The Morgan fingerprint density at radius 2 is 2.00 bits per heavy atom. The minimum atomic E-state index is -0.776. The van der Waals surface area contributed by atoms with E-state index in [0.29, 0.717) is 16.5 Å². The molecule has 0 aliphatic heterocycles. The number of rotatable bonds is 4. The number of ether oxygens (including phenoxy) is 1. The average Bonchev–Trinajstić information content (AvgIpc) is 2.46. The number of nitrogens with zero attached hydrogens (tertiary/aromatic N) is 2. The van der Waals surface area contributed by atoms with Gasteiger partial charge in [-0.25, -0.2) is 13.8 Å². The Balaban J connectivity index is 2.22. The molecule has 0 saturated heterocycles. The molecular weight excluding hydrogens is 330 g/mol. The molecule has 0 spiro atoms. The number of halogens is 3. The first kappa shape index (κ1) is 14.4. The molecule has 0 radical (unpaired) electrons. The predicted octanol–water partition coefficient (Wildman–Crippen LogP) is 3.71. The van der Waals surface area contributed by atoms with Crippen molar-refractivity contribution in [2.45, 2.75) is 11.9 Å². The molecule has 0 bridgehead atoms. The number of hydrogen-bond acceptors (Lipinski definition) is 3. The summed E-state index contributed by atoms with van der Waals surface area (Å²) in [5, 5.41) is 9.22. The highest BCUT2D eigenvalue weighted by molar-refractivity contribution is 9.08. The average molecular weight is 339 g/mol. The van der Waals surface area contributed by atoms with Crippen LogP contribution in [0.1, 0.15) is 16.8 Å². The van der Waals surface area contributed by atoms with E-state index in [9.17, 15) is 8.78 Å². The van der Waals surface area contributed by atoms with Crippen molar-refractivity contribution in [3.8, 4) is 11.8 Å². The van der Waals surface area contributed by atoms with Gasteiger partial charge in [0.15, 0.2) is 17.4 Å². The Bertz CT molecular complexity index is 647. The van der Waals surface area contributed by atoms with Gasteiger partial charge in [-0.3, -0.25) is 0 Å². The maximum atomic E-state index is 13.7. The molecule has 0 N–H and O–H groups in total. The summed E-state index contributed by atoms with van der Waals surface area (Å²) >= 11 is 3.13. The van der Waals surface area contributed by atoms with E-state index in [0.717, 1.165) is 0 Å². The van der Waals surface area contributed by atoms with Gasteiger partial charge in [-0.15, -0.1) is 0 Å². The molecule has 2 aromatic rings. The van der Waals surface area contributed by atoms with E-state index in [2.05, 4.69) is 20.9 Å². The first-order chi connectivity index (χ1) is 9.65. The molecule has 0 aliphatic rings. The third-order valence-electron chi connectivity index (χ3n) is 2.58. The van der Waals surface area contributed by atoms with Gasteiger partial charge in [0.2, 0.25) is 0 Å². The van der Waals surface area contributed by atoms with Crippen LogP contribution in [0.15, 0.2) is 30.5 Å². The van der Waals surface area contributed by atoms with Gasteiger partial charge in [-0.2, -0.15) is 5.26 Å². The molecule has 102 valence electrons. The van der Waals surface area contributed by atoms with E-state index >= 15 is 0 Å². The van der Waals surface area contributed by atoms with Crippen molar-refractivity contribution in [2.24, 2.45) is 0 Å². The summed E-state index contributed by atoms with van der Waals surface area (Å²) < 4.78 is 32.6. The summed E-state index contributed by atoms with van der Waals surface area (Å²) in [5.41, 5.74) is 1.12. The van der Waals surface area contributed by atoms with Crippen molar-refractivity contribution in [3.63, 3.8) is 0 Å².